The van der Waals surface area contributed by atoms with Crippen LogP contribution in [0.5, 0.6) is 0 Å². The van der Waals surface area contributed by atoms with Gasteiger partial charge in [-0.3, -0.25) is 19.3 Å². The minimum atomic E-state index is -1.37. The highest BCUT2D eigenvalue weighted by Gasteiger charge is 2.54. The third-order valence-electron chi connectivity index (χ3n) is 5.56. The normalized spacial score (nSPS) is 23.0. The van der Waals surface area contributed by atoms with Gasteiger partial charge in [0.25, 0.3) is 11.8 Å². The molecule has 1 aromatic rings. The smallest absolute Gasteiger partial charge is 0.404 e. The van der Waals surface area contributed by atoms with Gasteiger partial charge in [-0.2, -0.15) is 0 Å². The van der Waals surface area contributed by atoms with E-state index in [9.17, 15) is 29.1 Å². The van der Waals surface area contributed by atoms with Crippen LogP contribution in [-0.4, -0.2) is 80.9 Å². The summed E-state index contributed by atoms with van der Waals surface area (Å²) >= 11 is 2.27. The standard InChI is InChI=1S/C21H22N6O8S2/c22-20(33)34-6-10-7-36-18-14(17(30)27(18)15(10)19(31)32)25-16(29)13(12-8-37-21(24-12)23-9-28)26-35-11-4-2-1-3-5-11/h2,4,8-9,11,14,18H,1,3,5-7H2,(H2,22,33)(H,25,29)(H,31,32)(H,23,24,28)/b26-13-/t11?,14?,18-/m1/s1. The molecule has 2 aliphatic heterocycles. The molecule has 2 unspecified atom stereocenters. The summed E-state index contributed by atoms with van der Waals surface area (Å²) in [5.41, 5.74) is 4.78. The number of hydrogen-bond acceptors (Lipinski definition) is 11. The first-order valence-electron chi connectivity index (χ1n) is 11.0. The van der Waals surface area contributed by atoms with E-state index in [1.165, 1.54) is 17.1 Å². The predicted molar refractivity (Wildman–Crippen MR) is 131 cm³/mol. The lowest BCUT2D eigenvalue weighted by Gasteiger charge is -2.49. The van der Waals surface area contributed by atoms with E-state index in [1.54, 1.807) is 0 Å². The molecule has 0 spiro atoms. The molecular formula is C21H22N6O8S2. The van der Waals surface area contributed by atoms with Crippen molar-refractivity contribution in [2.24, 2.45) is 10.9 Å². The summed E-state index contributed by atoms with van der Waals surface area (Å²) in [7, 11) is 0. The number of nitrogens with two attached hydrogens (primary N) is 1. The van der Waals surface area contributed by atoms with Crippen LogP contribution in [0.4, 0.5) is 9.93 Å². The number of β-lactam (4-membered cyclic amide) rings is 1. The highest BCUT2D eigenvalue weighted by molar-refractivity contribution is 8.00. The number of thiazole rings is 1. The van der Waals surface area contributed by atoms with Crippen LogP contribution in [0, 0.1) is 0 Å². The van der Waals surface area contributed by atoms with Gasteiger partial charge in [0.2, 0.25) is 6.41 Å². The molecular weight excluding hydrogens is 528 g/mol. The summed E-state index contributed by atoms with van der Waals surface area (Å²) < 4.78 is 4.70. The van der Waals surface area contributed by atoms with Crippen LogP contribution in [-0.2, 0) is 28.8 Å². The molecule has 0 radical (unpaired) electrons. The number of nitrogens with zero attached hydrogens (tertiary/aromatic N) is 3. The zero-order valence-corrected chi connectivity index (χ0v) is 20.8. The highest BCUT2D eigenvalue weighted by atomic mass is 32.2. The Morgan fingerprint density at radius 1 is 1.38 bits per heavy atom. The minimum absolute atomic E-state index is 0.128. The lowest BCUT2D eigenvalue weighted by atomic mass is 10.0. The molecule has 4 rings (SSSR count). The number of carbonyl (C=O) groups is 5. The molecule has 1 aliphatic carbocycles. The minimum Gasteiger partial charge on any atom is -0.477 e. The topological polar surface area (TPSA) is 203 Å². The molecule has 3 heterocycles. The van der Waals surface area contributed by atoms with Crippen LogP contribution in [0.1, 0.15) is 25.0 Å². The van der Waals surface area contributed by atoms with Gasteiger partial charge in [0, 0.05) is 16.7 Å². The average Bonchev–Trinajstić information content (AvgIpc) is 3.34. The molecule has 196 valence electrons. The predicted octanol–water partition coefficient (Wildman–Crippen LogP) is 0.375. The number of nitrogens with one attached hydrogen (secondary N) is 2. The number of amides is 4. The molecule has 1 saturated heterocycles. The Morgan fingerprint density at radius 3 is 2.86 bits per heavy atom. The number of oxime groups is 1. The van der Waals surface area contributed by atoms with Crippen LogP contribution in [0.3, 0.4) is 0 Å². The maximum Gasteiger partial charge on any atom is 0.404 e. The maximum atomic E-state index is 13.2. The number of allylic oxidation sites excluding steroid dienone is 1. The Morgan fingerprint density at radius 2 is 2.19 bits per heavy atom. The van der Waals surface area contributed by atoms with Gasteiger partial charge in [0.15, 0.2) is 10.8 Å². The maximum absolute atomic E-state index is 13.2. The van der Waals surface area contributed by atoms with E-state index >= 15 is 0 Å². The van der Waals surface area contributed by atoms with Gasteiger partial charge in [0.1, 0.15) is 35.5 Å². The van der Waals surface area contributed by atoms with E-state index in [0.29, 0.717) is 12.8 Å². The van der Waals surface area contributed by atoms with Crippen LogP contribution in [0.25, 0.3) is 0 Å². The van der Waals surface area contributed by atoms with Crippen LogP contribution >= 0.6 is 23.1 Å². The molecule has 5 N–H and O–H groups in total. The zero-order chi connectivity index (χ0) is 26.5. The Bertz CT molecular complexity index is 1210. The van der Waals surface area contributed by atoms with E-state index in [-0.39, 0.29) is 46.3 Å². The van der Waals surface area contributed by atoms with E-state index < -0.39 is 35.3 Å². The summed E-state index contributed by atoms with van der Waals surface area (Å²) in [5.74, 6) is -2.65. The van der Waals surface area contributed by atoms with E-state index in [4.69, 9.17) is 15.3 Å². The van der Waals surface area contributed by atoms with Crippen molar-refractivity contribution in [1.82, 2.24) is 15.2 Å². The van der Waals surface area contributed by atoms with Crippen molar-refractivity contribution < 1.29 is 38.7 Å². The van der Waals surface area contributed by atoms with Gasteiger partial charge in [0.05, 0.1) is 0 Å². The first-order valence-corrected chi connectivity index (χ1v) is 12.9. The lowest BCUT2D eigenvalue weighted by Crippen LogP contribution is -2.71. The number of aliphatic carboxylic acids is 1. The van der Waals surface area contributed by atoms with E-state index in [1.807, 2.05) is 12.2 Å². The van der Waals surface area contributed by atoms with Crippen molar-refractivity contribution in [2.75, 3.05) is 17.7 Å². The van der Waals surface area contributed by atoms with Crippen molar-refractivity contribution in [1.29, 1.82) is 0 Å². The van der Waals surface area contributed by atoms with Crippen molar-refractivity contribution >= 4 is 64.2 Å². The van der Waals surface area contributed by atoms with E-state index in [0.717, 1.165) is 29.1 Å². The zero-order valence-electron chi connectivity index (χ0n) is 19.1. The molecule has 0 saturated carbocycles. The highest BCUT2D eigenvalue weighted by Crippen LogP contribution is 2.40. The molecule has 1 aromatic heterocycles. The Kier molecular flexibility index (Phi) is 8.08. The monoisotopic (exact) mass is 550 g/mol. The molecule has 14 nitrogen and oxygen atoms in total. The third kappa shape index (κ3) is 5.75. The fourth-order valence-electron chi connectivity index (χ4n) is 3.86. The first kappa shape index (κ1) is 26.2. The van der Waals surface area contributed by atoms with Crippen LogP contribution < -0.4 is 16.4 Å². The number of carboxylic acid groups (broad SMARTS) is 1. The molecule has 3 atom stereocenters. The van der Waals surface area contributed by atoms with Crippen LogP contribution in [0.15, 0.2) is 34.0 Å². The molecule has 3 aliphatic rings. The third-order valence-corrected chi connectivity index (χ3v) is 7.67. The van der Waals surface area contributed by atoms with Crippen molar-refractivity contribution in [3.8, 4) is 0 Å². The molecule has 0 bridgehead atoms. The number of rotatable bonds is 10. The fourth-order valence-corrected chi connectivity index (χ4v) is 5.84. The second-order valence-corrected chi connectivity index (χ2v) is 9.93. The molecule has 16 heteroatoms. The van der Waals surface area contributed by atoms with Gasteiger partial charge in [-0.1, -0.05) is 11.2 Å². The number of carboxylic acids is 1. The lowest BCUT2D eigenvalue weighted by molar-refractivity contribution is -0.150. The summed E-state index contributed by atoms with van der Waals surface area (Å²) in [5, 5.41) is 19.7. The molecule has 0 aromatic carbocycles. The van der Waals surface area contributed by atoms with Gasteiger partial charge >= 0.3 is 12.1 Å². The van der Waals surface area contributed by atoms with E-state index in [2.05, 4.69) is 20.8 Å². The largest absolute Gasteiger partial charge is 0.477 e. The Balaban J connectivity index is 1.52. The molecule has 1 fully saturated rings. The Hall–Kier alpha value is -3.92. The second kappa shape index (κ2) is 11.4. The molecule has 4 amide bonds. The van der Waals surface area contributed by atoms with Crippen LogP contribution in [0.2, 0.25) is 0 Å². The van der Waals surface area contributed by atoms with Gasteiger partial charge < -0.3 is 31.0 Å². The number of ether oxygens (including phenoxy) is 1. The number of anilines is 1. The van der Waals surface area contributed by atoms with Crippen molar-refractivity contribution in [2.45, 2.75) is 36.8 Å². The number of hydrogen-bond donors (Lipinski definition) is 4. The number of primary amides is 1. The second-order valence-electron chi connectivity index (χ2n) is 7.97. The number of carbonyl (C=O) groups excluding carboxylic acids is 4. The fraction of sp³-hybridized carbons (Fsp3) is 0.381. The Labute approximate surface area is 217 Å². The summed E-state index contributed by atoms with van der Waals surface area (Å²) in [6, 6.07) is -1.04. The molecule has 37 heavy (non-hydrogen) atoms. The van der Waals surface area contributed by atoms with Gasteiger partial charge in [-0.25, -0.2) is 14.6 Å². The number of aromatic nitrogens is 1. The van der Waals surface area contributed by atoms with Crippen molar-refractivity contribution in [3.05, 3.63) is 34.5 Å². The quantitative estimate of drug-likeness (QED) is 0.104. The SMILES string of the molecule is NC(=O)OCC1=C(C(=O)O)N2C(=O)C(NC(=O)/C(=N\OC3C=CCCC3)c3csc(NC=O)n3)[C@H]2SC1. The first-order chi connectivity index (χ1) is 17.8. The van der Waals surface area contributed by atoms with Crippen molar-refractivity contribution in [3.63, 3.8) is 0 Å². The average molecular weight is 551 g/mol. The summed E-state index contributed by atoms with van der Waals surface area (Å²) in [6.45, 7) is -0.373. The number of thioether (sulfide) groups is 1. The summed E-state index contributed by atoms with van der Waals surface area (Å²) in [4.78, 5) is 70.4. The van der Waals surface area contributed by atoms with Gasteiger partial charge in [-0.15, -0.1) is 23.1 Å². The number of fused-ring (bicyclic) bond motifs is 1. The van der Waals surface area contributed by atoms with Gasteiger partial charge in [-0.05, 0) is 25.3 Å². The summed E-state index contributed by atoms with van der Waals surface area (Å²) in [6.07, 6.45) is 5.38.